The van der Waals surface area contributed by atoms with Gasteiger partial charge in [0, 0.05) is 48.5 Å². The number of amides is 2. The van der Waals surface area contributed by atoms with E-state index in [1.165, 1.54) is 48.5 Å². The van der Waals surface area contributed by atoms with Crippen LogP contribution < -0.4 is 10.6 Å². The van der Waals surface area contributed by atoms with Gasteiger partial charge in [-0.05, 0) is 24.6 Å². The number of benzene rings is 2. The number of non-ortho nitro benzene ring substituents is 2. The summed E-state index contributed by atoms with van der Waals surface area (Å²) in [4.78, 5) is 55.5. The maximum Gasteiger partial charge on any atom is 0.306 e. The summed E-state index contributed by atoms with van der Waals surface area (Å²) in [5.74, 6) is -1.73. The van der Waals surface area contributed by atoms with Crippen LogP contribution in [0.5, 0.6) is 0 Å². The fourth-order valence-electron chi connectivity index (χ4n) is 2.40. The summed E-state index contributed by atoms with van der Waals surface area (Å²) in [5.41, 5.74) is 0.284. The van der Waals surface area contributed by atoms with Crippen molar-refractivity contribution in [3.63, 3.8) is 0 Å². The molecule has 2 aromatic carbocycles. The Kier molecular flexibility index (Phi) is 8.13. The molecule has 0 radical (unpaired) electrons. The molecule has 31 heavy (non-hydrogen) atoms. The minimum absolute atomic E-state index is 0.00592. The molecule has 2 amide bonds. The second-order valence-corrected chi connectivity index (χ2v) is 6.22. The predicted octanol–water partition coefficient (Wildman–Crippen LogP) is 2.79. The molecular weight excluding hydrogens is 412 g/mol. The third-order valence-corrected chi connectivity index (χ3v) is 3.85. The van der Waals surface area contributed by atoms with Crippen molar-refractivity contribution in [1.29, 1.82) is 0 Å². The Bertz CT molecular complexity index is 991. The van der Waals surface area contributed by atoms with Gasteiger partial charge in [0.2, 0.25) is 5.91 Å². The Balaban J connectivity index is 1.66. The van der Waals surface area contributed by atoms with Crippen LogP contribution in [-0.2, 0) is 19.1 Å². The van der Waals surface area contributed by atoms with Crippen molar-refractivity contribution in [3.8, 4) is 0 Å². The maximum absolute atomic E-state index is 11.8. The molecule has 12 heteroatoms. The van der Waals surface area contributed by atoms with Crippen molar-refractivity contribution in [3.05, 3.63) is 68.8 Å². The SMILES string of the molecule is O=C(CCCC(=O)OCC(=O)Nc1cccc([N+](=O)[O-])c1)Nc1ccc([N+](=O)[O-])cc1. The number of nitro groups is 2. The van der Waals surface area contributed by atoms with E-state index in [2.05, 4.69) is 10.6 Å². The third kappa shape index (κ3) is 7.89. The number of carbonyl (C=O) groups excluding carboxylic acids is 3. The highest BCUT2D eigenvalue weighted by Crippen LogP contribution is 2.17. The minimum Gasteiger partial charge on any atom is -0.456 e. The molecule has 2 rings (SSSR count). The van der Waals surface area contributed by atoms with E-state index in [1.54, 1.807) is 0 Å². The number of hydrogen-bond acceptors (Lipinski definition) is 8. The lowest BCUT2D eigenvalue weighted by Gasteiger charge is -2.07. The summed E-state index contributed by atoms with van der Waals surface area (Å²) >= 11 is 0. The Labute approximate surface area is 175 Å². The smallest absolute Gasteiger partial charge is 0.306 e. The molecule has 0 unspecified atom stereocenters. The first-order valence-corrected chi connectivity index (χ1v) is 8.99. The number of nitrogens with one attached hydrogen (secondary N) is 2. The molecule has 0 atom stereocenters. The highest BCUT2D eigenvalue weighted by Gasteiger charge is 2.12. The summed E-state index contributed by atoms with van der Waals surface area (Å²) in [5, 5.41) is 26.2. The zero-order valence-electron chi connectivity index (χ0n) is 16.1. The molecule has 12 nitrogen and oxygen atoms in total. The van der Waals surface area contributed by atoms with Crippen molar-refractivity contribution in [2.24, 2.45) is 0 Å². The number of rotatable bonds is 10. The third-order valence-electron chi connectivity index (χ3n) is 3.85. The molecule has 2 N–H and O–H groups in total. The molecule has 0 aromatic heterocycles. The number of anilines is 2. The van der Waals surface area contributed by atoms with Crippen LogP contribution in [0.1, 0.15) is 19.3 Å². The maximum atomic E-state index is 11.8. The lowest BCUT2D eigenvalue weighted by molar-refractivity contribution is -0.385. The quantitative estimate of drug-likeness (QED) is 0.329. The number of esters is 1. The van der Waals surface area contributed by atoms with E-state index in [0.29, 0.717) is 5.69 Å². The molecule has 162 valence electrons. The largest absolute Gasteiger partial charge is 0.456 e. The van der Waals surface area contributed by atoms with Crippen LogP contribution in [0, 0.1) is 20.2 Å². The minimum atomic E-state index is -0.683. The normalized spacial score (nSPS) is 10.1. The number of hydrogen-bond donors (Lipinski definition) is 2. The topological polar surface area (TPSA) is 171 Å². The van der Waals surface area contributed by atoms with Crippen LogP contribution in [0.3, 0.4) is 0 Å². The molecule has 0 fully saturated rings. The monoisotopic (exact) mass is 430 g/mol. The van der Waals surface area contributed by atoms with Gasteiger partial charge in [0.15, 0.2) is 6.61 Å². The molecule has 0 spiro atoms. The first-order chi connectivity index (χ1) is 14.7. The van der Waals surface area contributed by atoms with Crippen LogP contribution in [0.25, 0.3) is 0 Å². The van der Waals surface area contributed by atoms with Crippen molar-refractivity contribution in [1.82, 2.24) is 0 Å². The van der Waals surface area contributed by atoms with E-state index in [1.807, 2.05) is 0 Å². The first kappa shape index (κ1) is 22.9. The van der Waals surface area contributed by atoms with Crippen molar-refractivity contribution in [2.75, 3.05) is 17.2 Å². The van der Waals surface area contributed by atoms with E-state index >= 15 is 0 Å². The summed E-state index contributed by atoms with van der Waals surface area (Å²) in [6, 6.07) is 10.6. The first-order valence-electron chi connectivity index (χ1n) is 8.99. The molecule has 0 saturated heterocycles. The van der Waals surface area contributed by atoms with Gasteiger partial charge in [-0.2, -0.15) is 0 Å². The lowest BCUT2D eigenvalue weighted by Crippen LogP contribution is -2.21. The summed E-state index contributed by atoms with van der Waals surface area (Å²) in [6.45, 7) is -0.573. The van der Waals surface area contributed by atoms with Crippen molar-refractivity contribution in [2.45, 2.75) is 19.3 Å². The van der Waals surface area contributed by atoms with Gasteiger partial charge in [0.05, 0.1) is 9.85 Å². The number of ether oxygens (including phenoxy) is 1. The molecule has 0 saturated carbocycles. The Morgan fingerprint density at radius 1 is 0.806 bits per heavy atom. The van der Waals surface area contributed by atoms with E-state index in [9.17, 15) is 34.6 Å². The lowest BCUT2D eigenvalue weighted by atomic mass is 10.2. The molecular formula is C19H18N4O8. The molecule has 2 aromatic rings. The highest BCUT2D eigenvalue weighted by molar-refractivity contribution is 5.93. The summed E-state index contributed by atoms with van der Waals surface area (Å²) < 4.78 is 4.81. The van der Waals surface area contributed by atoms with Crippen LogP contribution in [0.2, 0.25) is 0 Å². The average molecular weight is 430 g/mol. The van der Waals surface area contributed by atoms with Gasteiger partial charge in [0.1, 0.15) is 0 Å². The number of nitrogens with zero attached hydrogens (tertiary/aromatic N) is 2. The zero-order chi connectivity index (χ0) is 22.8. The van der Waals surface area contributed by atoms with Crippen molar-refractivity contribution >= 4 is 40.5 Å². The average Bonchev–Trinajstić information content (AvgIpc) is 2.73. The number of carbonyl (C=O) groups is 3. The van der Waals surface area contributed by atoms with E-state index < -0.39 is 28.3 Å². The van der Waals surface area contributed by atoms with Gasteiger partial charge in [0.25, 0.3) is 17.3 Å². The Morgan fingerprint density at radius 3 is 2.10 bits per heavy atom. The predicted molar refractivity (Wildman–Crippen MR) is 108 cm³/mol. The molecule has 0 heterocycles. The highest BCUT2D eigenvalue weighted by atomic mass is 16.6. The van der Waals surface area contributed by atoms with Gasteiger partial charge in [-0.15, -0.1) is 0 Å². The second-order valence-electron chi connectivity index (χ2n) is 6.22. The Morgan fingerprint density at radius 2 is 1.45 bits per heavy atom. The molecule has 0 aliphatic rings. The summed E-state index contributed by atoms with van der Waals surface area (Å²) in [6.07, 6.45) is 0.0773. The van der Waals surface area contributed by atoms with Crippen LogP contribution in [0.4, 0.5) is 22.7 Å². The van der Waals surface area contributed by atoms with Crippen LogP contribution >= 0.6 is 0 Å². The second kappa shape index (κ2) is 11.0. The van der Waals surface area contributed by atoms with Gasteiger partial charge in [-0.1, -0.05) is 6.07 Å². The van der Waals surface area contributed by atoms with Gasteiger partial charge < -0.3 is 15.4 Å². The van der Waals surface area contributed by atoms with Crippen LogP contribution in [-0.4, -0.2) is 34.2 Å². The zero-order valence-corrected chi connectivity index (χ0v) is 16.1. The van der Waals surface area contributed by atoms with Crippen LogP contribution in [0.15, 0.2) is 48.5 Å². The van der Waals surface area contributed by atoms with Crippen molar-refractivity contribution < 1.29 is 29.0 Å². The fraction of sp³-hybridized carbons (Fsp3) is 0.211. The van der Waals surface area contributed by atoms with E-state index in [4.69, 9.17) is 4.74 Å². The van der Waals surface area contributed by atoms with Gasteiger partial charge in [-0.3, -0.25) is 34.6 Å². The van der Waals surface area contributed by atoms with Gasteiger partial charge >= 0.3 is 5.97 Å². The molecule has 0 aliphatic heterocycles. The molecule has 0 aliphatic carbocycles. The van der Waals surface area contributed by atoms with Gasteiger partial charge in [-0.25, -0.2) is 0 Å². The van der Waals surface area contributed by atoms with E-state index in [-0.39, 0.29) is 42.2 Å². The number of nitro benzene ring substituents is 2. The summed E-state index contributed by atoms with van der Waals surface area (Å²) in [7, 11) is 0. The standard InChI is InChI=1S/C19H18N4O8/c24-17(20-13-7-9-15(10-8-13)22(27)28)5-2-6-19(26)31-12-18(25)21-14-3-1-4-16(11-14)23(29)30/h1,3-4,7-11H,2,5-6,12H2,(H,20,24)(H,21,25). The molecule has 0 bridgehead atoms. The fourth-order valence-corrected chi connectivity index (χ4v) is 2.40. The Hall–Kier alpha value is -4.35. The van der Waals surface area contributed by atoms with E-state index in [0.717, 1.165) is 0 Å².